The van der Waals surface area contributed by atoms with Gasteiger partial charge in [0.05, 0.1) is 111 Å². The molecule has 4 saturated heterocycles. The number of hydrogen-bond acceptors (Lipinski definition) is 23. The van der Waals surface area contributed by atoms with Gasteiger partial charge in [0.1, 0.15) is 28.0 Å². The van der Waals surface area contributed by atoms with Gasteiger partial charge in [0.15, 0.2) is 11.5 Å². The Hall–Kier alpha value is -16.9. The first-order valence-electron chi connectivity index (χ1n) is 48.3. The summed E-state index contributed by atoms with van der Waals surface area (Å²) in [4.78, 5) is 174. The second-order valence-electron chi connectivity index (χ2n) is 35.0. The van der Waals surface area contributed by atoms with Crippen molar-refractivity contribution in [3.63, 3.8) is 0 Å². The average molecular weight is 1940 g/mol. The number of pyridine rings is 4. The summed E-state index contributed by atoms with van der Waals surface area (Å²) < 4.78 is 43.5. The van der Waals surface area contributed by atoms with Crippen molar-refractivity contribution in [3.05, 3.63) is 381 Å². The van der Waals surface area contributed by atoms with E-state index in [0.717, 1.165) is 71.4 Å². The third kappa shape index (κ3) is 21.8. The lowest BCUT2D eigenvalue weighted by Crippen LogP contribution is -2.49. The number of piperazine rings is 4. The van der Waals surface area contributed by atoms with E-state index in [9.17, 15) is 57.5 Å². The summed E-state index contributed by atoms with van der Waals surface area (Å²) in [5.74, 6) is -1.66. The number of para-hydroxylation sites is 2. The molecule has 0 saturated carbocycles. The average Bonchev–Trinajstić information content (AvgIpc) is 0.765. The summed E-state index contributed by atoms with van der Waals surface area (Å²) in [7, 11) is 3.25. The minimum atomic E-state index is -0.637. The van der Waals surface area contributed by atoms with Gasteiger partial charge in [-0.3, -0.25) is 38.4 Å². The number of methoxy groups -OCH3 is 1. The molecule has 0 bridgehead atoms. The molecule has 4 aliphatic rings. The van der Waals surface area contributed by atoms with E-state index in [1.807, 2.05) is 245 Å². The normalized spacial score (nSPS) is 13.7. The number of aryl methyl sites for hydroxylation is 3. The first kappa shape index (κ1) is 100. The zero-order valence-corrected chi connectivity index (χ0v) is 81.8. The summed E-state index contributed by atoms with van der Waals surface area (Å²) in [6, 6.07) is 79.0. The van der Waals surface area contributed by atoms with Gasteiger partial charge in [-0.05, 0) is 155 Å². The standard InChI is InChI=1S/C31H31N3O5.C30H29N3O4.C29H29N3O5.C23H25N3O5/c1-3-39-31(37)27-28(32-17-19-33(20-18-32)29(35)23-13-15-24(38-2)16-14-23)25-11-7-8-12-26(25)34(30(27)36)21-22-9-5-4-6-10-22;1-2-37-30(36)26-27(31-17-19-32(20-18-31)28(34)23-13-7-4-8-14-23)24-15-9-10-16-25(24)33(29(26)35)21-22-11-5-3-6-12-22;1-3-36-29(35)25-26(30-13-15-31(16-14-30)27(33)24-10-7-17-37-24)22-18-20(2)11-12-23(22)32(28(25)34)19-21-8-5-4-6-9-21;1-4-30-23(29)19-20(16-14-15(2)7-8-17(16)24(3)22(19)28)25-9-11-26(12-10-25)21(27)18-6-5-13-31-18/h4-16H,3,17-21H2,1-2H3;3-16H,2,17-21H2,1H3;4-12,17-18H,3,13-16,19H2,1-2H3;5-8,13-14H,4,9-12H2,1-3H3. The summed E-state index contributed by atoms with van der Waals surface area (Å²) in [6.07, 6.45) is 2.96. The molecule has 0 atom stereocenters. The van der Waals surface area contributed by atoms with Gasteiger partial charge in [-0.1, -0.05) is 169 Å². The van der Waals surface area contributed by atoms with Crippen LogP contribution in [0.2, 0.25) is 0 Å². The predicted octanol–water partition coefficient (Wildman–Crippen LogP) is 15.1. The molecule has 0 radical (unpaired) electrons. The maximum Gasteiger partial charge on any atom is 0.345 e. The monoisotopic (exact) mass is 1940 g/mol. The van der Waals surface area contributed by atoms with Gasteiger partial charge in [-0.25, -0.2) is 19.2 Å². The number of aromatic nitrogens is 4. The summed E-state index contributed by atoms with van der Waals surface area (Å²) in [5.41, 5.74) is 10.0. The first-order valence-corrected chi connectivity index (χ1v) is 48.3. The molecular formula is C113H114N12O19. The number of benzene rings is 9. The molecule has 740 valence electrons. The predicted molar refractivity (Wildman–Crippen MR) is 553 cm³/mol. The number of rotatable bonds is 23. The molecule has 0 aliphatic carbocycles. The van der Waals surface area contributed by atoms with Crippen LogP contribution in [0.4, 0.5) is 22.7 Å². The van der Waals surface area contributed by atoms with E-state index in [2.05, 4.69) is 0 Å². The van der Waals surface area contributed by atoms with Crippen molar-refractivity contribution in [2.75, 3.05) is 158 Å². The van der Waals surface area contributed by atoms with Crippen molar-refractivity contribution < 1.29 is 70.9 Å². The van der Waals surface area contributed by atoms with Crippen LogP contribution in [0.3, 0.4) is 0 Å². The molecule has 4 fully saturated rings. The van der Waals surface area contributed by atoms with Gasteiger partial charge in [0.25, 0.3) is 45.9 Å². The van der Waals surface area contributed by atoms with E-state index < -0.39 is 23.9 Å². The third-order valence-electron chi connectivity index (χ3n) is 26.0. The summed E-state index contributed by atoms with van der Waals surface area (Å²) in [6.45, 7) is 20.0. The SMILES string of the molecule is CCOC(=O)c1c(N2CCN(C(=O)c3ccc(OC)cc3)CC2)c2ccccc2n(Cc2ccccc2)c1=O.CCOC(=O)c1c(N2CCN(C(=O)c3ccccc3)CC2)c2ccccc2n(Cc2ccccc2)c1=O.CCOC(=O)c1c(N2CCN(C(=O)c3ccco3)CC2)c2cc(C)ccc2n(C)c1=O.CCOC(=O)c1c(N2CCN(C(=O)c3ccco3)CC2)c2cc(C)ccc2n(Cc2ccccc2)c1=O. The lowest BCUT2D eigenvalue weighted by atomic mass is 10.0. The highest BCUT2D eigenvalue weighted by Crippen LogP contribution is 2.38. The minimum Gasteiger partial charge on any atom is -0.497 e. The lowest BCUT2D eigenvalue weighted by Gasteiger charge is -2.37. The van der Waals surface area contributed by atoms with Crippen LogP contribution in [0.15, 0.2) is 295 Å². The van der Waals surface area contributed by atoms with Crippen LogP contribution >= 0.6 is 0 Å². The maximum absolute atomic E-state index is 13.9. The van der Waals surface area contributed by atoms with Crippen molar-refractivity contribution in [2.45, 2.75) is 61.2 Å². The maximum atomic E-state index is 13.9. The van der Waals surface area contributed by atoms with Gasteiger partial charge >= 0.3 is 23.9 Å². The number of ether oxygens (including phenoxy) is 5. The Morgan fingerprint density at radius 2 is 0.576 bits per heavy atom. The van der Waals surface area contributed by atoms with Crippen LogP contribution in [0.1, 0.15) is 139 Å². The van der Waals surface area contributed by atoms with Crippen molar-refractivity contribution in [3.8, 4) is 5.75 Å². The number of amides is 4. The molecule has 6 aromatic heterocycles. The molecule has 15 aromatic rings. The van der Waals surface area contributed by atoms with Crippen molar-refractivity contribution in [1.82, 2.24) is 37.9 Å². The fraction of sp³-hybridized carbons (Fsp3) is 0.274. The van der Waals surface area contributed by atoms with Crippen LogP contribution in [0.25, 0.3) is 43.6 Å². The second-order valence-corrected chi connectivity index (χ2v) is 35.0. The Balaban J connectivity index is 0.000000138. The van der Waals surface area contributed by atoms with Gasteiger partial charge in [0, 0.05) is 144 Å². The molecule has 144 heavy (non-hydrogen) atoms. The number of esters is 4. The topological polar surface area (TPSA) is 323 Å². The largest absolute Gasteiger partial charge is 0.497 e. The molecule has 0 spiro atoms. The molecular weight excluding hydrogens is 1830 g/mol. The van der Waals surface area contributed by atoms with Crippen molar-refractivity contribution >= 4 is 114 Å². The Morgan fingerprint density at radius 3 is 0.903 bits per heavy atom. The molecule has 9 aromatic carbocycles. The molecule has 4 aliphatic heterocycles. The van der Waals surface area contributed by atoms with Crippen LogP contribution in [0.5, 0.6) is 5.75 Å². The zero-order chi connectivity index (χ0) is 101. The van der Waals surface area contributed by atoms with E-state index in [4.69, 9.17) is 32.5 Å². The van der Waals surface area contributed by atoms with E-state index in [-0.39, 0.29) is 94.5 Å². The Kier molecular flexibility index (Phi) is 32.0. The molecule has 10 heterocycles. The number of hydrogen-bond donors (Lipinski definition) is 0. The number of carbonyl (C=O) groups excluding carboxylic acids is 8. The van der Waals surface area contributed by atoms with E-state index in [1.54, 1.807) is 119 Å². The Morgan fingerprint density at radius 1 is 0.292 bits per heavy atom. The van der Waals surface area contributed by atoms with Crippen LogP contribution in [-0.2, 0) is 45.6 Å². The number of furan rings is 2. The zero-order valence-electron chi connectivity index (χ0n) is 81.8. The Labute approximate surface area is 831 Å². The highest BCUT2D eigenvalue weighted by Gasteiger charge is 2.37. The van der Waals surface area contributed by atoms with E-state index in [0.29, 0.717) is 175 Å². The fourth-order valence-electron chi connectivity index (χ4n) is 18.9. The minimum absolute atomic E-state index is 0.0194. The smallest absolute Gasteiger partial charge is 0.345 e. The Bertz CT molecular complexity index is 7450. The molecule has 31 heteroatoms. The number of carbonyl (C=O) groups is 8. The molecule has 19 rings (SSSR count). The van der Waals surface area contributed by atoms with Gasteiger partial charge in [-0.15, -0.1) is 0 Å². The summed E-state index contributed by atoms with van der Waals surface area (Å²) in [5, 5.41) is 3.23. The van der Waals surface area contributed by atoms with Crippen LogP contribution in [-0.4, -0.2) is 224 Å². The first-order chi connectivity index (χ1) is 70.0. The van der Waals surface area contributed by atoms with E-state index in [1.165, 1.54) is 17.1 Å². The van der Waals surface area contributed by atoms with Crippen LogP contribution in [0, 0.1) is 13.8 Å². The number of nitrogens with zero attached hydrogens (tertiary/aromatic N) is 12. The summed E-state index contributed by atoms with van der Waals surface area (Å²) >= 11 is 0. The van der Waals surface area contributed by atoms with Gasteiger partial charge in [0.2, 0.25) is 0 Å². The molecule has 4 amide bonds. The van der Waals surface area contributed by atoms with Crippen molar-refractivity contribution in [1.29, 1.82) is 0 Å². The second kappa shape index (κ2) is 46.0. The van der Waals surface area contributed by atoms with Crippen LogP contribution < -0.4 is 46.6 Å². The van der Waals surface area contributed by atoms with Crippen molar-refractivity contribution in [2.24, 2.45) is 7.05 Å². The highest BCUT2D eigenvalue weighted by atomic mass is 16.5. The number of fused-ring (bicyclic) bond motifs is 4. The van der Waals surface area contributed by atoms with Gasteiger partial charge in [-0.2, -0.15) is 0 Å². The highest BCUT2D eigenvalue weighted by molar-refractivity contribution is 6.10. The fourth-order valence-corrected chi connectivity index (χ4v) is 18.9. The van der Waals surface area contributed by atoms with E-state index >= 15 is 0 Å². The molecule has 0 N–H and O–H groups in total. The molecule has 0 unspecified atom stereocenters. The third-order valence-corrected chi connectivity index (χ3v) is 26.0. The molecule has 31 nitrogen and oxygen atoms in total. The van der Waals surface area contributed by atoms with Gasteiger partial charge < -0.3 is 90.0 Å². The quantitative estimate of drug-likeness (QED) is 0.0424. The lowest BCUT2D eigenvalue weighted by molar-refractivity contribution is 0.0514. The number of anilines is 4.